The predicted molar refractivity (Wildman–Crippen MR) is 63.5 cm³/mol. The van der Waals surface area contributed by atoms with Crippen molar-refractivity contribution in [1.29, 1.82) is 0 Å². The van der Waals surface area contributed by atoms with Gasteiger partial charge in [0.2, 0.25) is 0 Å². The third-order valence-corrected chi connectivity index (χ3v) is 3.38. The Labute approximate surface area is 104 Å². The van der Waals surface area contributed by atoms with Gasteiger partial charge in [0.05, 0.1) is 5.56 Å². The molecule has 1 fully saturated rings. The van der Waals surface area contributed by atoms with Crippen LogP contribution in [0.4, 0.5) is 13.2 Å². The predicted octanol–water partition coefficient (Wildman–Crippen LogP) is 3.40. The van der Waals surface area contributed by atoms with Gasteiger partial charge in [-0.15, -0.1) is 0 Å². The fraction of sp³-hybridized carbons (Fsp3) is 0.538. The Balaban J connectivity index is 2.08. The van der Waals surface area contributed by atoms with Crippen LogP contribution in [0.15, 0.2) is 24.3 Å². The molecule has 1 aromatic rings. The number of hydrogen-bond acceptors (Lipinski definition) is 2. The van der Waals surface area contributed by atoms with Gasteiger partial charge in [0, 0.05) is 6.04 Å². The van der Waals surface area contributed by atoms with Crippen molar-refractivity contribution < 1.29 is 13.2 Å². The van der Waals surface area contributed by atoms with Crippen LogP contribution in [0.2, 0.25) is 0 Å². The van der Waals surface area contributed by atoms with Gasteiger partial charge in [0.15, 0.2) is 0 Å². The van der Waals surface area contributed by atoms with E-state index in [1.165, 1.54) is 25.0 Å². The first-order chi connectivity index (χ1) is 8.50. The first-order valence-corrected chi connectivity index (χ1v) is 6.14. The molecule has 0 radical (unpaired) electrons. The zero-order chi connectivity index (χ0) is 13.2. The molecule has 1 aromatic carbocycles. The van der Waals surface area contributed by atoms with Gasteiger partial charge in [-0.05, 0) is 36.5 Å². The summed E-state index contributed by atoms with van der Waals surface area (Å²) in [5, 5.41) is 0. The van der Waals surface area contributed by atoms with E-state index in [0.717, 1.165) is 24.8 Å². The van der Waals surface area contributed by atoms with E-state index >= 15 is 0 Å². The lowest BCUT2D eigenvalue weighted by Crippen LogP contribution is -2.28. The quantitative estimate of drug-likeness (QED) is 0.627. The molecule has 1 aliphatic carbocycles. The number of nitrogens with one attached hydrogen (secondary N) is 1. The third-order valence-electron chi connectivity index (χ3n) is 3.38. The van der Waals surface area contributed by atoms with Crippen LogP contribution in [0.3, 0.4) is 0 Å². The third kappa shape index (κ3) is 3.46. The van der Waals surface area contributed by atoms with Crippen LogP contribution in [0.25, 0.3) is 0 Å². The standard InChI is InChI=1S/C13H17F3N2/c14-13(15,16)11-3-1-2-10(8-11)12(18-17)7-6-9-4-5-9/h1-3,8-9,12,18H,4-7,17H2. The van der Waals surface area contributed by atoms with E-state index in [-0.39, 0.29) is 6.04 Å². The number of rotatable bonds is 5. The van der Waals surface area contributed by atoms with Crippen LogP contribution >= 0.6 is 0 Å². The lowest BCUT2D eigenvalue weighted by molar-refractivity contribution is -0.137. The Hall–Kier alpha value is -1.07. The molecule has 0 spiro atoms. The van der Waals surface area contributed by atoms with Gasteiger partial charge < -0.3 is 0 Å². The molecule has 0 saturated heterocycles. The molecule has 1 unspecified atom stereocenters. The Bertz CT molecular complexity index is 399. The normalized spacial score (nSPS) is 17.8. The molecular formula is C13H17F3N2. The summed E-state index contributed by atoms with van der Waals surface area (Å²) >= 11 is 0. The molecule has 5 heteroatoms. The van der Waals surface area contributed by atoms with Crippen LogP contribution in [-0.4, -0.2) is 0 Å². The summed E-state index contributed by atoms with van der Waals surface area (Å²) in [6.07, 6.45) is -0.0288. The highest BCUT2D eigenvalue weighted by Crippen LogP contribution is 2.36. The molecule has 1 aliphatic rings. The number of benzene rings is 1. The van der Waals surface area contributed by atoms with Crippen molar-refractivity contribution in [3.8, 4) is 0 Å². The van der Waals surface area contributed by atoms with Crippen LogP contribution in [0, 0.1) is 5.92 Å². The molecule has 2 nitrogen and oxygen atoms in total. The number of nitrogens with two attached hydrogens (primary N) is 1. The Kier molecular flexibility index (Phi) is 3.92. The van der Waals surface area contributed by atoms with Crippen molar-refractivity contribution in [2.45, 2.75) is 37.9 Å². The van der Waals surface area contributed by atoms with E-state index in [1.807, 2.05) is 0 Å². The summed E-state index contributed by atoms with van der Waals surface area (Å²) in [7, 11) is 0. The summed E-state index contributed by atoms with van der Waals surface area (Å²) < 4.78 is 37.8. The Morgan fingerprint density at radius 2 is 2.06 bits per heavy atom. The largest absolute Gasteiger partial charge is 0.416 e. The second-order valence-electron chi connectivity index (χ2n) is 4.86. The molecule has 0 aliphatic heterocycles. The van der Waals surface area contributed by atoms with E-state index in [1.54, 1.807) is 6.07 Å². The average molecular weight is 258 g/mol. The van der Waals surface area contributed by atoms with Gasteiger partial charge in [-0.3, -0.25) is 11.3 Å². The first kappa shape index (κ1) is 13.4. The Morgan fingerprint density at radius 3 is 2.61 bits per heavy atom. The summed E-state index contributed by atoms with van der Waals surface area (Å²) in [4.78, 5) is 0. The van der Waals surface area contributed by atoms with Crippen molar-refractivity contribution in [2.75, 3.05) is 0 Å². The minimum absolute atomic E-state index is 0.201. The van der Waals surface area contributed by atoms with Gasteiger partial charge in [0.1, 0.15) is 0 Å². The molecule has 1 saturated carbocycles. The van der Waals surface area contributed by atoms with E-state index in [0.29, 0.717) is 5.56 Å². The molecule has 0 amide bonds. The minimum Gasteiger partial charge on any atom is -0.271 e. The summed E-state index contributed by atoms with van der Waals surface area (Å²) in [6.45, 7) is 0. The molecular weight excluding hydrogens is 241 g/mol. The number of halogens is 3. The second-order valence-corrected chi connectivity index (χ2v) is 4.86. The van der Waals surface area contributed by atoms with Gasteiger partial charge in [-0.2, -0.15) is 13.2 Å². The molecule has 0 aromatic heterocycles. The molecule has 0 bridgehead atoms. The highest BCUT2D eigenvalue weighted by Gasteiger charge is 2.31. The van der Waals surface area contributed by atoms with Crippen LogP contribution in [-0.2, 0) is 6.18 Å². The number of hydrazine groups is 1. The minimum atomic E-state index is -4.30. The van der Waals surface area contributed by atoms with Crippen molar-refractivity contribution in [1.82, 2.24) is 5.43 Å². The van der Waals surface area contributed by atoms with Crippen molar-refractivity contribution >= 4 is 0 Å². The summed E-state index contributed by atoms with van der Waals surface area (Å²) in [5.74, 6) is 6.18. The zero-order valence-corrected chi connectivity index (χ0v) is 10.0. The molecule has 2 rings (SSSR count). The highest BCUT2D eigenvalue weighted by atomic mass is 19.4. The molecule has 0 heterocycles. The average Bonchev–Trinajstić information content (AvgIpc) is 3.13. The topological polar surface area (TPSA) is 38.0 Å². The van der Waals surface area contributed by atoms with E-state index in [9.17, 15) is 13.2 Å². The van der Waals surface area contributed by atoms with E-state index in [4.69, 9.17) is 5.84 Å². The first-order valence-electron chi connectivity index (χ1n) is 6.14. The van der Waals surface area contributed by atoms with Crippen LogP contribution in [0.5, 0.6) is 0 Å². The summed E-state index contributed by atoms with van der Waals surface area (Å²) in [6, 6.07) is 5.18. The maximum Gasteiger partial charge on any atom is 0.416 e. The van der Waals surface area contributed by atoms with Crippen LogP contribution in [0.1, 0.15) is 42.9 Å². The van der Waals surface area contributed by atoms with E-state index < -0.39 is 11.7 Å². The summed E-state index contributed by atoms with van der Waals surface area (Å²) in [5.41, 5.74) is 2.60. The molecule has 100 valence electrons. The zero-order valence-electron chi connectivity index (χ0n) is 10.0. The molecule has 3 N–H and O–H groups in total. The fourth-order valence-electron chi connectivity index (χ4n) is 2.09. The number of hydrogen-bond donors (Lipinski definition) is 2. The van der Waals surface area contributed by atoms with Gasteiger partial charge >= 0.3 is 6.18 Å². The highest BCUT2D eigenvalue weighted by molar-refractivity contribution is 5.27. The lowest BCUT2D eigenvalue weighted by Gasteiger charge is -2.17. The van der Waals surface area contributed by atoms with Crippen molar-refractivity contribution in [3.05, 3.63) is 35.4 Å². The lowest BCUT2D eigenvalue weighted by atomic mass is 9.99. The SMILES string of the molecule is NNC(CCC1CC1)c1cccc(C(F)(F)F)c1. The van der Waals surface area contributed by atoms with Gasteiger partial charge in [-0.1, -0.05) is 25.0 Å². The molecule has 1 atom stereocenters. The van der Waals surface area contributed by atoms with Gasteiger partial charge in [-0.25, -0.2) is 0 Å². The van der Waals surface area contributed by atoms with Crippen molar-refractivity contribution in [2.24, 2.45) is 11.8 Å². The van der Waals surface area contributed by atoms with Crippen molar-refractivity contribution in [3.63, 3.8) is 0 Å². The molecule has 18 heavy (non-hydrogen) atoms. The van der Waals surface area contributed by atoms with E-state index in [2.05, 4.69) is 5.43 Å². The smallest absolute Gasteiger partial charge is 0.271 e. The number of alkyl halides is 3. The van der Waals surface area contributed by atoms with Gasteiger partial charge in [0.25, 0.3) is 0 Å². The van der Waals surface area contributed by atoms with Crippen LogP contribution < -0.4 is 11.3 Å². The Morgan fingerprint density at radius 1 is 1.33 bits per heavy atom. The second kappa shape index (κ2) is 5.28. The fourth-order valence-corrected chi connectivity index (χ4v) is 2.09. The maximum atomic E-state index is 12.6. The monoisotopic (exact) mass is 258 g/mol. The maximum absolute atomic E-state index is 12.6.